The van der Waals surface area contributed by atoms with Crippen molar-refractivity contribution in [3.63, 3.8) is 0 Å². The molecule has 4 aliphatic heterocycles. The van der Waals surface area contributed by atoms with Crippen LogP contribution < -0.4 is 19.1 Å². The number of aryl methyl sites for hydroxylation is 1. The van der Waals surface area contributed by atoms with Crippen molar-refractivity contribution in [3.8, 4) is 50.4 Å². The first kappa shape index (κ1) is 22.6. The second kappa shape index (κ2) is 12.5. The van der Waals surface area contributed by atoms with E-state index >= 15 is 0 Å². The molecule has 4 aliphatic rings. The third-order valence-corrected chi connectivity index (χ3v) is 12.7. The average Bonchev–Trinajstić information content (AvgIpc) is 3.83. The fourth-order valence-corrected chi connectivity index (χ4v) is 9.80. The van der Waals surface area contributed by atoms with Gasteiger partial charge in [0.25, 0.3) is 0 Å². The van der Waals surface area contributed by atoms with Crippen LogP contribution in [0.25, 0.3) is 44.6 Å². The highest BCUT2D eigenvalue weighted by atomic mass is 16.5. The summed E-state index contributed by atoms with van der Waals surface area (Å²) in [5, 5.41) is 0. The minimum atomic E-state index is -3.85. The number of para-hydroxylation sites is 1. The van der Waals surface area contributed by atoms with Crippen LogP contribution in [0.3, 0.4) is 0 Å². The molecule has 11 rings (SSSR count). The van der Waals surface area contributed by atoms with Gasteiger partial charge in [0.15, 0.2) is 6.20 Å². The predicted octanol–water partition coefficient (Wildman–Crippen LogP) is 14.2. The highest BCUT2D eigenvalue weighted by Crippen LogP contribution is 2.68. The molecule has 61 heavy (non-hydrogen) atoms. The van der Waals surface area contributed by atoms with Crippen molar-refractivity contribution in [1.82, 2.24) is 0 Å². The van der Waals surface area contributed by atoms with Gasteiger partial charge in [0, 0.05) is 60.5 Å². The number of nitrogens with zero attached hydrogens (tertiary/aromatic N) is 3. The number of anilines is 3. The Labute approximate surface area is 388 Å². The molecule has 0 radical (unpaired) electrons. The molecule has 0 N–H and O–H groups in total. The second-order valence-electron chi connectivity index (χ2n) is 18.3. The Morgan fingerprint density at radius 2 is 1.39 bits per heavy atom. The van der Waals surface area contributed by atoms with Gasteiger partial charge in [0.2, 0.25) is 5.69 Å². The molecule has 0 bridgehead atoms. The number of hydrogen-bond acceptors (Lipinski definition) is 3. The summed E-state index contributed by atoms with van der Waals surface area (Å²) in [5.41, 5.74) is 0.205. The van der Waals surface area contributed by atoms with E-state index in [0.717, 1.165) is 33.9 Å². The van der Waals surface area contributed by atoms with Crippen LogP contribution in [0.2, 0.25) is 0 Å². The Hall–Kier alpha value is -6.13. The van der Waals surface area contributed by atoms with E-state index in [1.807, 2.05) is 116 Å². The van der Waals surface area contributed by atoms with Gasteiger partial charge in [-0.05, 0) is 94.2 Å². The lowest BCUT2D eigenvalue weighted by molar-refractivity contribution is -0.774. The zero-order valence-electron chi connectivity index (χ0n) is 53.7. The topological polar surface area (TPSA) is 19.6 Å². The quantitative estimate of drug-likeness (QED) is 0.166. The van der Waals surface area contributed by atoms with Gasteiger partial charge >= 0.3 is 5.85 Å². The Morgan fingerprint density at radius 3 is 2.13 bits per heavy atom. The van der Waals surface area contributed by atoms with E-state index < -0.39 is 104 Å². The Balaban J connectivity index is 1.36. The van der Waals surface area contributed by atoms with E-state index in [1.165, 1.54) is 19.9 Å². The molecular weight excluding hydrogens is 743 g/mol. The minimum Gasteiger partial charge on any atom is -0.410 e. The monoisotopic (exact) mass is 818 g/mol. The zero-order chi connectivity index (χ0) is 58.5. The first-order valence-electron chi connectivity index (χ1n) is 30.0. The Bertz CT molecular complexity index is 3730. The standard InChI is InChI=1S/C57H56N3O/c1-34-20-23-36(24-21-34)38-26-27-58-49(29-38)44-31-39(54(3,4)5)30-43-41-18-15-19-48-51(41)60-53(59(48)47-25-22-35(2)28-42(47)37-16-13-12-14-17-37)45-32-40(55(6,7)8)33-46(56(9,10)11)52(45)61-57(58,60)50(43)44/h12-33,53H,1-11H3/q+1/i1D3,6D3,9D3,10D3,11D3,20D,21D,23D,24D. The first-order valence-corrected chi connectivity index (χ1v) is 20.5. The van der Waals surface area contributed by atoms with E-state index in [9.17, 15) is 15.1 Å². The number of ether oxygens (including phenoxy) is 1. The van der Waals surface area contributed by atoms with E-state index in [1.54, 1.807) is 22.9 Å². The van der Waals surface area contributed by atoms with Crippen LogP contribution in [0.1, 0.15) is 133 Å². The normalized spacial score (nSPS) is 23.6. The van der Waals surface area contributed by atoms with Gasteiger partial charge in [-0.3, -0.25) is 0 Å². The Morgan fingerprint density at radius 1 is 0.639 bits per heavy atom. The largest absolute Gasteiger partial charge is 0.432 e. The number of hydrogen-bond donors (Lipinski definition) is 0. The van der Waals surface area contributed by atoms with Gasteiger partial charge in [-0.25, -0.2) is 4.90 Å². The van der Waals surface area contributed by atoms with Crippen molar-refractivity contribution < 1.29 is 35.3 Å². The lowest BCUT2D eigenvalue weighted by Crippen LogP contribution is -2.71. The predicted molar refractivity (Wildman–Crippen MR) is 252 cm³/mol. The highest BCUT2D eigenvalue weighted by molar-refractivity contribution is 6.03. The molecule has 1 aromatic heterocycles. The summed E-state index contributed by atoms with van der Waals surface area (Å²) in [4.78, 5) is 4.02. The van der Waals surface area contributed by atoms with Crippen LogP contribution >= 0.6 is 0 Å². The summed E-state index contributed by atoms with van der Waals surface area (Å²) < 4.78 is 179. The summed E-state index contributed by atoms with van der Waals surface area (Å²) in [7, 11) is 0. The molecule has 6 aromatic carbocycles. The maximum atomic E-state index is 9.20. The van der Waals surface area contributed by atoms with Gasteiger partial charge in [-0.2, -0.15) is 0 Å². The van der Waals surface area contributed by atoms with E-state index in [2.05, 4.69) is 0 Å². The lowest BCUT2D eigenvalue weighted by Gasteiger charge is -2.49. The van der Waals surface area contributed by atoms with Crippen molar-refractivity contribution in [1.29, 1.82) is 0 Å². The SMILES string of the molecule is [2H]c1c([2H])c(C([2H])([2H])[2H])c([2H])c([2H])c1-c1cc[n+]2c(c1)-c1cc(C(C)(C)C)cc3c1C21Oc2c(cc(C(C)(C)C([2H])([2H])[2H])cc2C(C([2H])([2H])[2H])(C([2H])([2H])[2H])C([2H])([2H])[2H])C2N(c4ccc(C)cc4-c4ccccc4)c4cccc-3c4N21. The third-order valence-electron chi connectivity index (χ3n) is 12.7. The van der Waals surface area contributed by atoms with E-state index in [0.29, 0.717) is 39.4 Å². The molecule has 5 heterocycles. The van der Waals surface area contributed by atoms with Crippen LogP contribution in [0.5, 0.6) is 5.75 Å². The van der Waals surface area contributed by atoms with Crippen molar-refractivity contribution in [3.05, 3.63) is 172 Å². The van der Waals surface area contributed by atoms with Gasteiger partial charge in [-0.1, -0.05) is 152 Å². The number of rotatable bonds is 3. The number of fused-ring (bicyclic) bond motifs is 5. The van der Waals surface area contributed by atoms with Crippen molar-refractivity contribution in [2.75, 3.05) is 9.80 Å². The molecule has 7 aromatic rings. The molecule has 2 unspecified atom stereocenters. The van der Waals surface area contributed by atoms with Gasteiger partial charge in [0.05, 0.1) is 28.1 Å². The highest BCUT2D eigenvalue weighted by Gasteiger charge is 2.70. The van der Waals surface area contributed by atoms with E-state index in [4.69, 9.17) is 15.7 Å². The fourth-order valence-electron chi connectivity index (χ4n) is 9.80. The molecule has 0 amide bonds. The molecule has 4 nitrogen and oxygen atoms in total. The lowest BCUT2D eigenvalue weighted by atomic mass is 9.77. The zero-order valence-corrected chi connectivity index (χ0v) is 34.7. The summed E-state index contributed by atoms with van der Waals surface area (Å²) >= 11 is 0. The maximum Gasteiger partial charge on any atom is 0.432 e. The average molecular weight is 818 g/mol. The van der Waals surface area contributed by atoms with Gasteiger partial charge in [-0.15, -0.1) is 4.57 Å². The van der Waals surface area contributed by atoms with Crippen LogP contribution in [0.4, 0.5) is 17.1 Å². The summed E-state index contributed by atoms with van der Waals surface area (Å²) in [6, 6.07) is 28.5. The van der Waals surface area contributed by atoms with Gasteiger partial charge in [0.1, 0.15) is 17.5 Å². The van der Waals surface area contributed by atoms with E-state index in [-0.39, 0.29) is 22.3 Å². The molecule has 0 aliphatic carbocycles. The van der Waals surface area contributed by atoms with Crippen molar-refractivity contribution in [2.24, 2.45) is 0 Å². The van der Waals surface area contributed by atoms with Crippen LogP contribution in [0, 0.1) is 13.8 Å². The molecule has 0 saturated heterocycles. The van der Waals surface area contributed by atoms with Crippen LogP contribution in [-0.2, 0) is 22.1 Å². The molecule has 1 spiro atoms. The Kier molecular flexibility index (Phi) is 4.63. The molecular formula is C57H56N3O+. The number of benzene rings is 6. The fraction of sp³-hybridized carbons (Fsp3) is 0.281. The summed E-state index contributed by atoms with van der Waals surface area (Å²) in [6.45, 7) is -6.46. The molecule has 4 heteroatoms. The third kappa shape index (κ3) is 5.33. The molecule has 0 saturated carbocycles. The number of pyridine rings is 1. The van der Waals surface area contributed by atoms with Crippen LogP contribution in [-0.4, -0.2) is 0 Å². The number of aromatic nitrogens is 1. The molecule has 304 valence electrons. The van der Waals surface area contributed by atoms with Crippen molar-refractivity contribution in [2.45, 2.75) is 104 Å². The summed E-state index contributed by atoms with van der Waals surface area (Å²) in [5.74, 6) is -2.46. The summed E-state index contributed by atoms with van der Waals surface area (Å²) in [6.07, 6.45) is 0.379. The second-order valence-corrected chi connectivity index (χ2v) is 18.3. The van der Waals surface area contributed by atoms with Gasteiger partial charge < -0.3 is 9.64 Å². The molecule has 2 atom stereocenters. The molecule has 0 fully saturated rings. The first-order chi connectivity index (χ1) is 36.8. The maximum absolute atomic E-state index is 9.20. The minimum absolute atomic E-state index is 0.0716. The van der Waals surface area contributed by atoms with Crippen molar-refractivity contribution >= 4 is 17.1 Å². The van der Waals surface area contributed by atoms with Crippen LogP contribution in [0.15, 0.2) is 133 Å². The smallest absolute Gasteiger partial charge is 0.410 e.